The van der Waals surface area contributed by atoms with E-state index in [0.29, 0.717) is 19.0 Å². The minimum absolute atomic E-state index is 0.378. The zero-order valence-electron chi connectivity index (χ0n) is 5.51. The predicted molar refractivity (Wildman–Crippen MR) is 35.8 cm³/mol. The first-order chi connectivity index (χ1) is 4.20. The standard InChI is InChI=1S/C6H14N2O/c7-3-5-1-6(9,2-5)4-8/h5,9H,1-4,7-8H2. The van der Waals surface area contributed by atoms with Crippen LogP contribution >= 0.6 is 0 Å². The van der Waals surface area contributed by atoms with Gasteiger partial charge in [0.25, 0.3) is 0 Å². The zero-order chi connectivity index (χ0) is 6.91. The van der Waals surface area contributed by atoms with Crippen molar-refractivity contribution in [2.75, 3.05) is 13.1 Å². The quantitative estimate of drug-likeness (QED) is 0.451. The molecule has 1 rings (SSSR count). The van der Waals surface area contributed by atoms with Crippen LogP contribution in [-0.2, 0) is 0 Å². The van der Waals surface area contributed by atoms with Gasteiger partial charge in [0.15, 0.2) is 0 Å². The first-order valence-electron chi connectivity index (χ1n) is 3.33. The van der Waals surface area contributed by atoms with Crippen LogP contribution in [0.15, 0.2) is 0 Å². The topological polar surface area (TPSA) is 72.3 Å². The molecule has 1 aliphatic carbocycles. The molecule has 3 nitrogen and oxygen atoms in total. The van der Waals surface area contributed by atoms with Crippen molar-refractivity contribution in [1.29, 1.82) is 0 Å². The predicted octanol–water partition coefficient (Wildman–Crippen LogP) is -0.955. The highest BCUT2D eigenvalue weighted by Crippen LogP contribution is 2.35. The van der Waals surface area contributed by atoms with Crippen molar-refractivity contribution in [3.63, 3.8) is 0 Å². The Labute approximate surface area is 55.0 Å². The molecule has 0 heterocycles. The molecule has 0 amide bonds. The fourth-order valence-corrected chi connectivity index (χ4v) is 1.35. The third kappa shape index (κ3) is 1.23. The van der Waals surface area contributed by atoms with Crippen LogP contribution in [0.2, 0.25) is 0 Å². The van der Waals surface area contributed by atoms with Gasteiger partial charge in [-0.25, -0.2) is 0 Å². The zero-order valence-corrected chi connectivity index (χ0v) is 5.51. The Bertz CT molecular complexity index is 99.2. The fraction of sp³-hybridized carbons (Fsp3) is 1.00. The lowest BCUT2D eigenvalue weighted by Gasteiger charge is -2.42. The van der Waals surface area contributed by atoms with E-state index < -0.39 is 5.60 Å². The molecule has 9 heavy (non-hydrogen) atoms. The summed E-state index contributed by atoms with van der Waals surface area (Å²) in [6, 6.07) is 0. The molecular weight excluding hydrogens is 116 g/mol. The van der Waals surface area contributed by atoms with Gasteiger partial charge in [-0.15, -0.1) is 0 Å². The molecule has 0 aliphatic heterocycles. The van der Waals surface area contributed by atoms with Crippen molar-refractivity contribution in [2.24, 2.45) is 17.4 Å². The van der Waals surface area contributed by atoms with Gasteiger partial charge in [0.1, 0.15) is 0 Å². The van der Waals surface area contributed by atoms with E-state index in [0.717, 1.165) is 12.8 Å². The lowest BCUT2D eigenvalue weighted by molar-refractivity contribution is -0.0617. The van der Waals surface area contributed by atoms with Gasteiger partial charge in [-0.3, -0.25) is 0 Å². The van der Waals surface area contributed by atoms with E-state index in [1.165, 1.54) is 0 Å². The summed E-state index contributed by atoms with van der Waals surface area (Å²) in [6.45, 7) is 1.06. The van der Waals surface area contributed by atoms with Gasteiger partial charge in [-0.05, 0) is 25.3 Å². The van der Waals surface area contributed by atoms with Crippen molar-refractivity contribution in [2.45, 2.75) is 18.4 Å². The summed E-state index contributed by atoms with van der Waals surface area (Å²) < 4.78 is 0. The molecule has 54 valence electrons. The van der Waals surface area contributed by atoms with Crippen LogP contribution < -0.4 is 11.5 Å². The number of nitrogens with two attached hydrogens (primary N) is 2. The Hall–Kier alpha value is -0.120. The van der Waals surface area contributed by atoms with Crippen molar-refractivity contribution in [1.82, 2.24) is 0 Å². The third-order valence-electron chi connectivity index (χ3n) is 2.05. The number of hydrogen-bond donors (Lipinski definition) is 3. The lowest BCUT2D eigenvalue weighted by atomic mass is 9.71. The van der Waals surface area contributed by atoms with Crippen molar-refractivity contribution in [3.05, 3.63) is 0 Å². The number of aliphatic hydroxyl groups is 1. The summed E-state index contributed by atoms with van der Waals surface area (Å²) in [5.74, 6) is 0.513. The Morgan fingerprint density at radius 2 is 2.00 bits per heavy atom. The average Bonchev–Trinajstić information content (AvgIpc) is 1.81. The Kier molecular flexibility index (Phi) is 1.75. The van der Waals surface area contributed by atoms with Gasteiger partial charge in [-0.2, -0.15) is 0 Å². The van der Waals surface area contributed by atoms with Crippen LogP contribution in [0.25, 0.3) is 0 Å². The minimum Gasteiger partial charge on any atom is -0.389 e. The van der Waals surface area contributed by atoms with Gasteiger partial charge in [-0.1, -0.05) is 0 Å². The molecule has 0 radical (unpaired) electrons. The van der Waals surface area contributed by atoms with E-state index in [1.54, 1.807) is 0 Å². The van der Waals surface area contributed by atoms with Gasteiger partial charge < -0.3 is 16.6 Å². The molecule has 0 aromatic rings. The summed E-state index contributed by atoms with van der Waals surface area (Å²) in [7, 11) is 0. The minimum atomic E-state index is -0.565. The summed E-state index contributed by atoms with van der Waals surface area (Å²) in [5.41, 5.74) is 10.1. The first-order valence-corrected chi connectivity index (χ1v) is 3.33. The Balaban J connectivity index is 2.24. The third-order valence-corrected chi connectivity index (χ3v) is 2.05. The molecule has 0 spiro atoms. The van der Waals surface area contributed by atoms with Gasteiger partial charge in [0.05, 0.1) is 5.60 Å². The second-order valence-electron chi connectivity index (χ2n) is 2.94. The summed E-state index contributed by atoms with van der Waals surface area (Å²) in [4.78, 5) is 0. The van der Waals surface area contributed by atoms with E-state index in [4.69, 9.17) is 11.5 Å². The maximum atomic E-state index is 9.34. The fourth-order valence-electron chi connectivity index (χ4n) is 1.35. The Morgan fingerprint density at radius 3 is 2.33 bits per heavy atom. The molecule has 0 unspecified atom stereocenters. The van der Waals surface area contributed by atoms with E-state index in [2.05, 4.69) is 0 Å². The Morgan fingerprint density at radius 1 is 1.44 bits per heavy atom. The van der Waals surface area contributed by atoms with Crippen molar-refractivity contribution < 1.29 is 5.11 Å². The van der Waals surface area contributed by atoms with Crippen LogP contribution in [-0.4, -0.2) is 23.8 Å². The average molecular weight is 130 g/mol. The smallest absolute Gasteiger partial charge is 0.0775 e. The van der Waals surface area contributed by atoms with E-state index in [9.17, 15) is 5.11 Å². The molecule has 1 saturated carbocycles. The van der Waals surface area contributed by atoms with Crippen LogP contribution in [0, 0.1) is 5.92 Å². The lowest BCUT2D eigenvalue weighted by Crippen LogP contribution is -2.51. The number of hydrogen-bond acceptors (Lipinski definition) is 3. The van der Waals surface area contributed by atoms with Gasteiger partial charge >= 0.3 is 0 Å². The molecule has 1 fully saturated rings. The SMILES string of the molecule is NCC1CC(O)(CN)C1. The highest BCUT2D eigenvalue weighted by atomic mass is 16.3. The molecule has 0 aromatic heterocycles. The largest absolute Gasteiger partial charge is 0.389 e. The second kappa shape index (κ2) is 2.25. The first kappa shape index (κ1) is 6.99. The van der Waals surface area contributed by atoms with Gasteiger partial charge in [0.2, 0.25) is 0 Å². The molecule has 3 heteroatoms. The summed E-state index contributed by atoms with van der Waals surface area (Å²) in [6.07, 6.45) is 1.58. The normalized spacial score (nSPS) is 42.3. The summed E-state index contributed by atoms with van der Waals surface area (Å²) in [5, 5.41) is 9.34. The maximum Gasteiger partial charge on any atom is 0.0775 e. The second-order valence-corrected chi connectivity index (χ2v) is 2.94. The molecule has 5 N–H and O–H groups in total. The number of rotatable bonds is 2. The molecule has 0 bridgehead atoms. The van der Waals surface area contributed by atoms with E-state index in [1.807, 2.05) is 0 Å². The van der Waals surface area contributed by atoms with E-state index >= 15 is 0 Å². The molecule has 0 atom stereocenters. The van der Waals surface area contributed by atoms with E-state index in [-0.39, 0.29) is 0 Å². The van der Waals surface area contributed by atoms with Gasteiger partial charge in [0, 0.05) is 6.54 Å². The van der Waals surface area contributed by atoms with Crippen LogP contribution in [0.5, 0.6) is 0 Å². The monoisotopic (exact) mass is 130 g/mol. The van der Waals surface area contributed by atoms with Crippen molar-refractivity contribution >= 4 is 0 Å². The maximum absolute atomic E-state index is 9.34. The molecular formula is C6H14N2O. The van der Waals surface area contributed by atoms with Crippen LogP contribution in [0.4, 0.5) is 0 Å². The molecule has 1 aliphatic rings. The van der Waals surface area contributed by atoms with Crippen LogP contribution in [0.3, 0.4) is 0 Å². The summed E-state index contributed by atoms with van der Waals surface area (Å²) >= 11 is 0. The highest BCUT2D eigenvalue weighted by molar-refractivity contribution is 4.94. The van der Waals surface area contributed by atoms with Crippen molar-refractivity contribution in [3.8, 4) is 0 Å². The van der Waals surface area contributed by atoms with Crippen LogP contribution in [0.1, 0.15) is 12.8 Å². The molecule has 0 saturated heterocycles. The molecule has 0 aromatic carbocycles. The highest BCUT2D eigenvalue weighted by Gasteiger charge is 2.40.